The number of fused-ring (bicyclic) bond motifs is 1. The molecule has 0 aliphatic heterocycles. The molecule has 16 heavy (non-hydrogen) atoms. The van der Waals surface area contributed by atoms with Gasteiger partial charge in [-0.3, -0.25) is 14.3 Å². The van der Waals surface area contributed by atoms with Crippen LogP contribution in [-0.4, -0.2) is 30.3 Å². The van der Waals surface area contributed by atoms with Crippen LogP contribution in [0.3, 0.4) is 0 Å². The van der Waals surface area contributed by atoms with Gasteiger partial charge in [0.25, 0.3) is 5.56 Å². The van der Waals surface area contributed by atoms with E-state index in [9.17, 15) is 14.7 Å². The first-order valence-corrected chi connectivity index (χ1v) is 4.83. The Labute approximate surface area is 90.0 Å². The number of aromatic nitrogens is 4. The Kier molecular flexibility index (Phi) is 2.39. The molecule has 7 nitrogen and oxygen atoms in total. The molecule has 0 aromatic carbocycles. The highest BCUT2D eigenvalue weighted by Crippen LogP contribution is 2.04. The van der Waals surface area contributed by atoms with E-state index in [0.717, 1.165) is 0 Å². The van der Waals surface area contributed by atoms with Gasteiger partial charge in [-0.05, 0) is 6.92 Å². The first kappa shape index (κ1) is 10.6. The van der Waals surface area contributed by atoms with Crippen molar-refractivity contribution < 1.29 is 5.11 Å². The van der Waals surface area contributed by atoms with Gasteiger partial charge >= 0.3 is 5.69 Å². The van der Waals surface area contributed by atoms with E-state index >= 15 is 0 Å². The van der Waals surface area contributed by atoms with Crippen molar-refractivity contribution in [1.82, 2.24) is 19.1 Å². The topological polar surface area (TPSA) is 92.9 Å². The minimum Gasteiger partial charge on any atom is -0.392 e. The molecule has 2 rings (SSSR count). The number of aryl methyl sites for hydroxylation is 1. The van der Waals surface area contributed by atoms with Crippen LogP contribution in [0.2, 0.25) is 0 Å². The van der Waals surface area contributed by atoms with E-state index in [2.05, 4.69) is 9.97 Å². The molecule has 1 atom stereocenters. The summed E-state index contributed by atoms with van der Waals surface area (Å²) < 4.78 is 2.79. The average Bonchev–Trinajstić information content (AvgIpc) is 2.55. The fourth-order valence-electron chi connectivity index (χ4n) is 1.63. The number of H-pyrrole nitrogens is 1. The normalized spacial score (nSPS) is 13.2. The molecule has 0 aliphatic carbocycles. The summed E-state index contributed by atoms with van der Waals surface area (Å²) >= 11 is 0. The van der Waals surface area contributed by atoms with Crippen LogP contribution in [0.25, 0.3) is 11.2 Å². The van der Waals surface area contributed by atoms with Gasteiger partial charge in [0.2, 0.25) is 0 Å². The molecule has 2 N–H and O–H groups in total. The Bertz CT molecular complexity index is 634. The Morgan fingerprint density at radius 2 is 2.25 bits per heavy atom. The summed E-state index contributed by atoms with van der Waals surface area (Å²) in [7, 11) is 1.67. The number of hydrogen-bond donors (Lipinski definition) is 2. The van der Waals surface area contributed by atoms with Gasteiger partial charge in [-0.25, -0.2) is 9.78 Å². The summed E-state index contributed by atoms with van der Waals surface area (Å²) in [5.74, 6) is 0. The number of aliphatic hydroxyl groups is 1. The second-order valence-corrected chi connectivity index (χ2v) is 3.75. The predicted molar refractivity (Wildman–Crippen MR) is 57.3 cm³/mol. The average molecular weight is 224 g/mol. The molecule has 0 amide bonds. The number of aliphatic hydroxyl groups excluding tert-OH is 1. The van der Waals surface area contributed by atoms with Gasteiger partial charge in [0.05, 0.1) is 19.0 Å². The molecule has 2 aromatic rings. The van der Waals surface area contributed by atoms with E-state index in [0.29, 0.717) is 5.52 Å². The minimum atomic E-state index is -0.686. The lowest BCUT2D eigenvalue weighted by atomic mass is 10.4. The molecule has 0 aliphatic rings. The lowest BCUT2D eigenvalue weighted by molar-refractivity contribution is 0.173. The summed E-state index contributed by atoms with van der Waals surface area (Å²) in [6, 6.07) is 0. The number of hydrogen-bond acceptors (Lipinski definition) is 4. The lowest BCUT2D eigenvalue weighted by Gasteiger charge is -2.07. The molecule has 2 aromatic heterocycles. The molecule has 0 saturated carbocycles. The Morgan fingerprint density at radius 1 is 1.56 bits per heavy atom. The maximum Gasteiger partial charge on any atom is 0.330 e. The van der Waals surface area contributed by atoms with Crippen LogP contribution in [0.4, 0.5) is 0 Å². The molecule has 7 heteroatoms. The zero-order chi connectivity index (χ0) is 11.9. The molecule has 0 fully saturated rings. The molecular formula is C9H12N4O3. The highest BCUT2D eigenvalue weighted by atomic mass is 16.3. The van der Waals surface area contributed by atoms with Gasteiger partial charge in [0.1, 0.15) is 0 Å². The molecular weight excluding hydrogens is 212 g/mol. The van der Waals surface area contributed by atoms with Gasteiger partial charge in [-0.15, -0.1) is 0 Å². The highest BCUT2D eigenvalue weighted by molar-refractivity contribution is 5.69. The first-order chi connectivity index (χ1) is 7.50. The monoisotopic (exact) mass is 224 g/mol. The van der Waals surface area contributed by atoms with Gasteiger partial charge < -0.3 is 9.67 Å². The number of aromatic amines is 1. The Morgan fingerprint density at radius 3 is 2.88 bits per heavy atom. The predicted octanol–water partition coefficient (Wildman–Crippen LogP) is -1.20. The zero-order valence-corrected chi connectivity index (χ0v) is 8.97. The van der Waals surface area contributed by atoms with Crippen molar-refractivity contribution in [2.75, 3.05) is 0 Å². The number of imidazole rings is 1. The molecule has 0 saturated heterocycles. The van der Waals surface area contributed by atoms with Crippen molar-refractivity contribution in [3.63, 3.8) is 0 Å². The van der Waals surface area contributed by atoms with Gasteiger partial charge in [0.15, 0.2) is 11.2 Å². The van der Waals surface area contributed by atoms with Crippen molar-refractivity contribution >= 4 is 11.2 Å². The van der Waals surface area contributed by atoms with Crippen molar-refractivity contribution in [2.45, 2.75) is 19.6 Å². The smallest absolute Gasteiger partial charge is 0.330 e. The molecule has 86 valence electrons. The van der Waals surface area contributed by atoms with Crippen LogP contribution >= 0.6 is 0 Å². The van der Waals surface area contributed by atoms with Crippen LogP contribution in [-0.2, 0) is 13.6 Å². The fourth-order valence-corrected chi connectivity index (χ4v) is 1.63. The fraction of sp³-hybridized carbons (Fsp3) is 0.444. The van der Waals surface area contributed by atoms with Crippen LogP contribution in [0.15, 0.2) is 15.9 Å². The Hall–Kier alpha value is -1.89. The second-order valence-electron chi connectivity index (χ2n) is 3.75. The van der Waals surface area contributed by atoms with Crippen LogP contribution in [0.5, 0.6) is 0 Å². The van der Waals surface area contributed by atoms with Crippen LogP contribution in [0.1, 0.15) is 6.92 Å². The number of rotatable bonds is 2. The van der Waals surface area contributed by atoms with E-state index in [4.69, 9.17) is 0 Å². The highest BCUT2D eigenvalue weighted by Gasteiger charge is 2.12. The van der Waals surface area contributed by atoms with Gasteiger partial charge in [-0.2, -0.15) is 0 Å². The summed E-state index contributed by atoms with van der Waals surface area (Å²) in [5.41, 5.74) is -0.420. The quantitative estimate of drug-likeness (QED) is 0.670. The van der Waals surface area contributed by atoms with Crippen LogP contribution < -0.4 is 11.2 Å². The standard InChI is InChI=1S/C9H12N4O3/c1-5(14)3-13-7-6(12(2)4-10-7)8(15)11-9(13)16/h4-5,14H,3H2,1-2H3,(H,11,15,16). The van der Waals surface area contributed by atoms with Crippen molar-refractivity contribution in [2.24, 2.45) is 7.05 Å². The zero-order valence-electron chi connectivity index (χ0n) is 8.97. The van der Waals surface area contributed by atoms with E-state index in [1.165, 1.54) is 15.5 Å². The summed E-state index contributed by atoms with van der Waals surface area (Å²) in [6.45, 7) is 1.66. The van der Waals surface area contributed by atoms with Crippen molar-refractivity contribution in [3.05, 3.63) is 27.2 Å². The van der Waals surface area contributed by atoms with E-state index < -0.39 is 17.4 Å². The second kappa shape index (κ2) is 3.60. The summed E-state index contributed by atoms with van der Waals surface area (Å²) in [4.78, 5) is 29.3. The number of nitrogens with zero attached hydrogens (tertiary/aromatic N) is 3. The largest absolute Gasteiger partial charge is 0.392 e. The summed E-state index contributed by atoms with van der Waals surface area (Å²) in [6.07, 6.45) is 0.770. The van der Waals surface area contributed by atoms with E-state index in [-0.39, 0.29) is 12.2 Å². The van der Waals surface area contributed by atoms with Crippen molar-refractivity contribution in [1.29, 1.82) is 0 Å². The third-order valence-corrected chi connectivity index (χ3v) is 2.30. The SMILES string of the molecule is CC(O)Cn1c(=O)[nH]c(=O)c2c1ncn2C. The van der Waals surface area contributed by atoms with E-state index in [1.807, 2.05) is 0 Å². The molecule has 0 spiro atoms. The third kappa shape index (κ3) is 1.54. The molecule has 1 unspecified atom stereocenters. The molecule has 2 heterocycles. The first-order valence-electron chi connectivity index (χ1n) is 4.83. The maximum atomic E-state index is 11.5. The van der Waals surface area contributed by atoms with Crippen molar-refractivity contribution in [3.8, 4) is 0 Å². The minimum absolute atomic E-state index is 0.100. The Balaban J connectivity index is 2.83. The number of nitrogens with one attached hydrogen (secondary N) is 1. The van der Waals surface area contributed by atoms with E-state index in [1.54, 1.807) is 14.0 Å². The van der Waals surface area contributed by atoms with Crippen LogP contribution in [0, 0.1) is 0 Å². The third-order valence-electron chi connectivity index (χ3n) is 2.30. The molecule has 0 radical (unpaired) electrons. The summed E-state index contributed by atoms with van der Waals surface area (Å²) in [5, 5.41) is 9.28. The molecule has 0 bridgehead atoms. The van der Waals surface area contributed by atoms with Gasteiger partial charge in [0, 0.05) is 7.05 Å². The van der Waals surface area contributed by atoms with Gasteiger partial charge in [-0.1, -0.05) is 0 Å². The lowest BCUT2D eigenvalue weighted by Crippen LogP contribution is -2.33. The maximum absolute atomic E-state index is 11.5.